The van der Waals surface area contributed by atoms with E-state index < -0.39 is 5.97 Å². The van der Waals surface area contributed by atoms with Gasteiger partial charge in [-0.05, 0) is 26.4 Å². The van der Waals surface area contributed by atoms with Gasteiger partial charge >= 0.3 is 12.0 Å². The SMILES string of the molecule is CN1CCCCC1CNC(=O)N1CCOCC1CC(=O)O. The van der Waals surface area contributed by atoms with E-state index in [0.29, 0.717) is 32.3 Å². The van der Waals surface area contributed by atoms with E-state index in [2.05, 4.69) is 17.3 Å². The van der Waals surface area contributed by atoms with Crippen molar-refractivity contribution >= 4 is 12.0 Å². The number of hydrogen-bond donors (Lipinski definition) is 2. The van der Waals surface area contributed by atoms with E-state index in [4.69, 9.17) is 9.84 Å². The van der Waals surface area contributed by atoms with E-state index in [1.165, 1.54) is 12.8 Å². The van der Waals surface area contributed by atoms with Crippen LogP contribution in [0.2, 0.25) is 0 Å². The maximum absolute atomic E-state index is 12.3. The summed E-state index contributed by atoms with van der Waals surface area (Å²) in [6.07, 6.45) is 3.43. The van der Waals surface area contributed by atoms with Crippen LogP contribution in [-0.2, 0) is 9.53 Å². The molecule has 7 heteroatoms. The van der Waals surface area contributed by atoms with Crippen molar-refractivity contribution in [3.8, 4) is 0 Å². The maximum Gasteiger partial charge on any atom is 0.317 e. The summed E-state index contributed by atoms with van der Waals surface area (Å²) < 4.78 is 5.28. The molecular weight excluding hydrogens is 274 g/mol. The molecule has 0 aromatic carbocycles. The van der Waals surface area contributed by atoms with E-state index in [-0.39, 0.29) is 18.5 Å². The number of nitrogens with one attached hydrogen (secondary N) is 1. The number of carbonyl (C=O) groups excluding carboxylic acids is 1. The van der Waals surface area contributed by atoms with Crippen LogP contribution in [0.25, 0.3) is 0 Å². The summed E-state index contributed by atoms with van der Waals surface area (Å²) in [5.74, 6) is -0.907. The maximum atomic E-state index is 12.3. The number of carboxylic acid groups (broad SMARTS) is 1. The van der Waals surface area contributed by atoms with Crippen LogP contribution < -0.4 is 5.32 Å². The summed E-state index contributed by atoms with van der Waals surface area (Å²) in [4.78, 5) is 27.0. The summed E-state index contributed by atoms with van der Waals surface area (Å²) in [6, 6.07) is -0.175. The highest BCUT2D eigenvalue weighted by Gasteiger charge is 2.29. The summed E-state index contributed by atoms with van der Waals surface area (Å²) in [6.45, 7) is 2.90. The highest BCUT2D eigenvalue weighted by molar-refractivity contribution is 5.76. The number of piperidine rings is 1. The fourth-order valence-electron chi connectivity index (χ4n) is 3.00. The average molecular weight is 299 g/mol. The van der Waals surface area contributed by atoms with Gasteiger partial charge in [0.15, 0.2) is 0 Å². The monoisotopic (exact) mass is 299 g/mol. The Morgan fingerprint density at radius 2 is 2.10 bits per heavy atom. The van der Waals surface area contributed by atoms with Crippen molar-refractivity contribution in [3.63, 3.8) is 0 Å². The Hall–Kier alpha value is -1.34. The van der Waals surface area contributed by atoms with Gasteiger partial charge in [-0.15, -0.1) is 0 Å². The van der Waals surface area contributed by atoms with Crippen molar-refractivity contribution in [1.82, 2.24) is 15.1 Å². The summed E-state index contributed by atoms with van der Waals surface area (Å²) in [7, 11) is 2.08. The lowest BCUT2D eigenvalue weighted by molar-refractivity contribution is -0.139. The van der Waals surface area contributed by atoms with Crippen LogP contribution >= 0.6 is 0 Å². The second kappa shape index (κ2) is 7.61. The molecule has 0 spiro atoms. The van der Waals surface area contributed by atoms with Gasteiger partial charge in [0, 0.05) is 19.1 Å². The number of amides is 2. The van der Waals surface area contributed by atoms with E-state index >= 15 is 0 Å². The minimum Gasteiger partial charge on any atom is -0.481 e. The lowest BCUT2D eigenvalue weighted by Gasteiger charge is -2.36. The minimum atomic E-state index is -0.907. The zero-order valence-electron chi connectivity index (χ0n) is 12.6. The number of rotatable bonds is 4. The van der Waals surface area contributed by atoms with Gasteiger partial charge < -0.3 is 25.0 Å². The minimum absolute atomic E-state index is 0.0727. The van der Waals surface area contributed by atoms with Crippen LogP contribution in [0.1, 0.15) is 25.7 Å². The Morgan fingerprint density at radius 3 is 2.81 bits per heavy atom. The number of nitrogens with zero attached hydrogens (tertiary/aromatic N) is 2. The third-order valence-electron chi connectivity index (χ3n) is 4.31. The molecule has 0 saturated carbocycles. The fourth-order valence-corrected chi connectivity index (χ4v) is 3.00. The van der Waals surface area contributed by atoms with Crippen LogP contribution in [0.5, 0.6) is 0 Å². The molecule has 0 bridgehead atoms. The molecule has 2 atom stereocenters. The highest BCUT2D eigenvalue weighted by Crippen LogP contribution is 2.15. The van der Waals surface area contributed by atoms with Gasteiger partial charge in [0.1, 0.15) is 0 Å². The van der Waals surface area contributed by atoms with E-state index in [0.717, 1.165) is 13.0 Å². The number of carboxylic acids is 1. The van der Waals surface area contributed by atoms with Crippen molar-refractivity contribution in [2.75, 3.05) is 39.9 Å². The summed E-state index contributed by atoms with van der Waals surface area (Å²) in [5, 5.41) is 11.9. The Labute approximate surface area is 125 Å². The largest absolute Gasteiger partial charge is 0.481 e. The second-order valence-corrected chi connectivity index (χ2v) is 5.84. The number of likely N-dealkylation sites (N-methyl/N-ethyl adjacent to an activating group) is 1. The van der Waals surface area contributed by atoms with E-state index in [9.17, 15) is 9.59 Å². The molecule has 7 nitrogen and oxygen atoms in total. The number of hydrogen-bond acceptors (Lipinski definition) is 4. The molecule has 2 unspecified atom stereocenters. The molecule has 0 aromatic heterocycles. The number of aliphatic carboxylic acids is 1. The number of morpholine rings is 1. The third kappa shape index (κ3) is 4.57. The molecule has 2 aliphatic rings. The molecule has 2 aliphatic heterocycles. The molecule has 2 rings (SSSR count). The summed E-state index contributed by atoms with van der Waals surface area (Å²) in [5.41, 5.74) is 0. The molecule has 2 fully saturated rings. The van der Waals surface area contributed by atoms with Crippen LogP contribution in [-0.4, -0.2) is 78.9 Å². The average Bonchev–Trinajstić information content (AvgIpc) is 2.46. The molecule has 0 aromatic rings. The molecule has 2 N–H and O–H groups in total. The zero-order valence-corrected chi connectivity index (χ0v) is 12.6. The first-order valence-electron chi connectivity index (χ1n) is 7.62. The predicted octanol–water partition coefficient (Wildman–Crippen LogP) is 0.356. The van der Waals surface area contributed by atoms with Gasteiger partial charge in [-0.2, -0.15) is 0 Å². The number of ether oxygens (including phenoxy) is 1. The Kier molecular flexibility index (Phi) is 5.81. The molecule has 120 valence electrons. The summed E-state index contributed by atoms with van der Waals surface area (Å²) >= 11 is 0. The smallest absolute Gasteiger partial charge is 0.317 e. The van der Waals surface area contributed by atoms with Crippen LogP contribution in [0.4, 0.5) is 4.79 Å². The Bertz CT molecular complexity index is 377. The molecule has 0 radical (unpaired) electrons. The lowest BCUT2D eigenvalue weighted by Crippen LogP contribution is -2.55. The Morgan fingerprint density at radius 1 is 1.29 bits per heavy atom. The molecule has 2 heterocycles. The first-order valence-corrected chi connectivity index (χ1v) is 7.62. The van der Waals surface area contributed by atoms with Gasteiger partial charge in [-0.25, -0.2) is 4.79 Å². The van der Waals surface area contributed by atoms with Gasteiger partial charge in [0.05, 0.1) is 25.7 Å². The van der Waals surface area contributed by atoms with Gasteiger partial charge in [-0.1, -0.05) is 6.42 Å². The lowest BCUT2D eigenvalue weighted by atomic mass is 10.0. The van der Waals surface area contributed by atoms with Gasteiger partial charge in [0.25, 0.3) is 0 Å². The van der Waals surface area contributed by atoms with E-state index in [1.54, 1.807) is 4.90 Å². The van der Waals surface area contributed by atoms with Crippen LogP contribution in [0.15, 0.2) is 0 Å². The molecular formula is C14H25N3O4. The van der Waals surface area contributed by atoms with Crippen molar-refractivity contribution in [2.24, 2.45) is 0 Å². The van der Waals surface area contributed by atoms with Crippen LogP contribution in [0.3, 0.4) is 0 Å². The molecule has 21 heavy (non-hydrogen) atoms. The van der Waals surface area contributed by atoms with Crippen molar-refractivity contribution < 1.29 is 19.4 Å². The molecule has 2 amide bonds. The Balaban J connectivity index is 1.83. The molecule has 0 aliphatic carbocycles. The normalized spacial score (nSPS) is 27.4. The van der Waals surface area contributed by atoms with Gasteiger partial charge in [0.2, 0.25) is 0 Å². The fraction of sp³-hybridized carbons (Fsp3) is 0.857. The number of carbonyl (C=O) groups is 2. The van der Waals surface area contributed by atoms with Crippen molar-refractivity contribution in [3.05, 3.63) is 0 Å². The standard InChI is InChI=1S/C14H25N3O4/c1-16-5-3-2-4-11(16)9-15-14(20)17-6-7-21-10-12(17)8-13(18)19/h11-12H,2-10H2,1H3,(H,15,20)(H,18,19). The van der Waals surface area contributed by atoms with Crippen molar-refractivity contribution in [2.45, 2.75) is 37.8 Å². The number of urea groups is 1. The predicted molar refractivity (Wildman–Crippen MR) is 77.2 cm³/mol. The second-order valence-electron chi connectivity index (χ2n) is 5.84. The first kappa shape index (κ1) is 16.0. The topological polar surface area (TPSA) is 82.1 Å². The van der Waals surface area contributed by atoms with Crippen LogP contribution in [0, 0.1) is 0 Å². The van der Waals surface area contributed by atoms with Crippen molar-refractivity contribution in [1.29, 1.82) is 0 Å². The van der Waals surface area contributed by atoms with Gasteiger partial charge in [-0.3, -0.25) is 4.79 Å². The number of likely N-dealkylation sites (tertiary alicyclic amines) is 1. The highest BCUT2D eigenvalue weighted by atomic mass is 16.5. The third-order valence-corrected chi connectivity index (χ3v) is 4.31. The first-order chi connectivity index (χ1) is 10.1. The molecule has 2 saturated heterocycles. The quantitative estimate of drug-likeness (QED) is 0.783. The van der Waals surface area contributed by atoms with E-state index in [1.807, 2.05) is 0 Å². The zero-order chi connectivity index (χ0) is 15.2.